The van der Waals surface area contributed by atoms with Crippen LogP contribution in [0.1, 0.15) is 24.2 Å². The second-order valence-electron chi connectivity index (χ2n) is 6.91. The number of nitrogens with one attached hydrogen (secondary N) is 2. The van der Waals surface area contributed by atoms with Gasteiger partial charge in [0, 0.05) is 37.1 Å². The molecule has 0 aliphatic carbocycles. The molecule has 0 heterocycles. The van der Waals surface area contributed by atoms with E-state index in [2.05, 4.69) is 24.5 Å². The Morgan fingerprint density at radius 2 is 1.74 bits per heavy atom. The molecule has 0 saturated heterocycles. The van der Waals surface area contributed by atoms with Crippen molar-refractivity contribution in [2.24, 2.45) is 5.92 Å². The van der Waals surface area contributed by atoms with Crippen molar-refractivity contribution in [1.29, 1.82) is 0 Å². The first-order valence-electron chi connectivity index (χ1n) is 8.93. The molecule has 0 aromatic heterocycles. The molecule has 2 N–H and O–H groups in total. The maximum absolute atomic E-state index is 12.2. The molecule has 144 valence electrons. The van der Waals surface area contributed by atoms with Crippen LogP contribution in [-0.2, 0) is 4.79 Å². The molecule has 0 fully saturated rings. The molecule has 0 aliphatic heterocycles. The summed E-state index contributed by atoms with van der Waals surface area (Å²) in [6.07, 6.45) is 0. The fourth-order valence-electron chi connectivity index (χ4n) is 2.33. The van der Waals surface area contributed by atoms with Gasteiger partial charge in [-0.3, -0.25) is 9.59 Å². The van der Waals surface area contributed by atoms with Crippen molar-refractivity contribution < 1.29 is 14.3 Å². The lowest BCUT2D eigenvalue weighted by atomic mass is 10.2. The molecule has 2 amide bonds. The Morgan fingerprint density at radius 3 is 2.44 bits per heavy atom. The average Bonchev–Trinajstić information content (AvgIpc) is 2.64. The van der Waals surface area contributed by atoms with Crippen LogP contribution >= 0.6 is 0 Å². The maximum atomic E-state index is 12.2. The molecular weight excluding hydrogens is 342 g/mol. The first-order chi connectivity index (χ1) is 12.8. The summed E-state index contributed by atoms with van der Waals surface area (Å²) < 4.78 is 5.67. The summed E-state index contributed by atoms with van der Waals surface area (Å²) in [4.78, 5) is 25.7. The predicted molar refractivity (Wildman–Crippen MR) is 108 cm³/mol. The normalized spacial score (nSPS) is 10.4. The first kappa shape index (κ1) is 20.3. The molecule has 2 aromatic rings. The van der Waals surface area contributed by atoms with Crippen LogP contribution in [0.5, 0.6) is 5.75 Å². The van der Waals surface area contributed by atoms with Crippen LogP contribution in [0.15, 0.2) is 48.5 Å². The first-order valence-corrected chi connectivity index (χ1v) is 8.93. The van der Waals surface area contributed by atoms with Crippen LogP contribution < -0.4 is 15.4 Å². The third kappa shape index (κ3) is 6.66. The Morgan fingerprint density at radius 1 is 1.04 bits per heavy atom. The van der Waals surface area contributed by atoms with Crippen molar-refractivity contribution in [2.75, 3.05) is 37.9 Å². The van der Waals surface area contributed by atoms with E-state index in [0.29, 0.717) is 29.5 Å². The van der Waals surface area contributed by atoms with Gasteiger partial charge in [0.1, 0.15) is 5.75 Å². The molecule has 2 aromatic carbocycles. The van der Waals surface area contributed by atoms with Crippen molar-refractivity contribution >= 4 is 23.2 Å². The molecule has 0 atom stereocenters. The molecule has 0 aliphatic rings. The SMILES string of the molecule is CC(C)COc1cccc(NC(=O)CNc2cccc(C(=O)N(C)C)c2)c1. The number of amides is 2. The summed E-state index contributed by atoms with van der Waals surface area (Å²) in [5, 5.41) is 5.88. The smallest absolute Gasteiger partial charge is 0.253 e. The lowest BCUT2D eigenvalue weighted by Gasteiger charge is -2.13. The lowest BCUT2D eigenvalue weighted by molar-refractivity contribution is -0.114. The highest BCUT2D eigenvalue weighted by Gasteiger charge is 2.09. The van der Waals surface area contributed by atoms with Gasteiger partial charge < -0.3 is 20.3 Å². The van der Waals surface area contributed by atoms with E-state index >= 15 is 0 Å². The molecule has 2 rings (SSSR count). The highest BCUT2D eigenvalue weighted by Crippen LogP contribution is 2.18. The number of carbonyl (C=O) groups excluding carboxylic acids is 2. The van der Waals surface area contributed by atoms with Crippen LogP contribution in [0.25, 0.3) is 0 Å². The number of hydrogen-bond acceptors (Lipinski definition) is 4. The molecule has 0 bridgehead atoms. The Balaban J connectivity index is 1.90. The molecule has 0 spiro atoms. The van der Waals surface area contributed by atoms with E-state index in [1.165, 1.54) is 4.90 Å². The number of hydrogen-bond donors (Lipinski definition) is 2. The minimum Gasteiger partial charge on any atom is -0.493 e. The minimum absolute atomic E-state index is 0.0821. The zero-order valence-corrected chi connectivity index (χ0v) is 16.3. The molecule has 0 unspecified atom stereocenters. The van der Waals surface area contributed by atoms with E-state index in [4.69, 9.17) is 4.74 Å². The van der Waals surface area contributed by atoms with Gasteiger partial charge in [-0.1, -0.05) is 26.0 Å². The van der Waals surface area contributed by atoms with Crippen LogP contribution in [0.4, 0.5) is 11.4 Å². The van der Waals surface area contributed by atoms with Crippen LogP contribution in [-0.4, -0.2) is 44.0 Å². The third-order valence-electron chi connectivity index (χ3n) is 3.67. The summed E-state index contributed by atoms with van der Waals surface area (Å²) >= 11 is 0. The largest absolute Gasteiger partial charge is 0.493 e. The monoisotopic (exact) mass is 369 g/mol. The van der Waals surface area contributed by atoms with E-state index in [1.807, 2.05) is 24.3 Å². The summed E-state index contributed by atoms with van der Waals surface area (Å²) in [6, 6.07) is 14.4. The Labute approximate surface area is 160 Å². The Hall–Kier alpha value is -3.02. The van der Waals surface area contributed by atoms with Crippen LogP contribution in [0, 0.1) is 5.92 Å². The molecule has 6 heteroatoms. The number of rotatable bonds is 8. The second kappa shape index (κ2) is 9.62. The van der Waals surface area contributed by atoms with Gasteiger partial charge in [-0.25, -0.2) is 0 Å². The minimum atomic E-state index is -0.180. The Bertz CT molecular complexity index is 788. The van der Waals surface area contributed by atoms with E-state index in [1.54, 1.807) is 38.4 Å². The van der Waals surface area contributed by atoms with Gasteiger partial charge in [0.05, 0.1) is 13.2 Å². The van der Waals surface area contributed by atoms with E-state index in [0.717, 1.165) is 5.75 Å². The quantitative estimate of drug-likeness (QED) is 0.747. The van der Waals surface area contributed by atoms with Crippen molar-refractivity contribution in [1.82, 2.24) is 4.90 Å². The number of benzene rings is 2. The molecular formula is C21H27N3O3. The van der Waals surface area contributed by atoms with Crippen molar-refractivity contribution in [3.63, 3.8) is 0 Å². The lowest BCUT2D eigenvalue weighted by Crippen LogP contribution is -2.23. The summed E-state index contributed by atoms with van der Waals surface area (Å²) in [6.45, 7) is 4.88. The number of carbonyl (C=O) groups is 2. The van der Waals surface area contributed by atoms with Gasteiger partial charge >= 0.3 is 0 Å². The zero-order valence-electron chi connectivity index (χ0n) is 16.3. The second-order valence-corrected chi connectivity index (χ2v) is 6.91. The third-order valence-corrected chi connectivity index (χ3v) is 3.67. The summed E-state index contributed by atoms with van der Waals surface area (Å²) in [5.41, 5.74) is 1.96. The maximum Gasteiger partial charge on any atom is 0.253 e. The van der Waals surface area contributed by atoms with E-state index in [-0.39, 0.29) is 18.4 Å². The fraction of sp³-hybridized carbons (Fsp3) is 0.333. The highest BCUT2D eigenvalue weighted by molar-refractivity contribution is 5.96. The van der Waals surface area contributed by atoms with Gasteiger partial charge in [0.25, 0.3) is 5.91 Å². The van der Waals surface area contributed by atoms with Crippen LogP contribution in [0.3, 0.4) is 0 Å². The van der Waals surface area contributed by atoms with Crippen LogP contribution in [0.2, 0.25) is 0 Å². The number of nitrogens with zero attached hydrogens (tertiary/aromatic N) is 1. The molecule has 6 nitrogen and oxygen atoms in total. The molecule has 0 saturated carbocycles. The summed E-state index contributed by atoms with van der Waals surface area (Å²) in [7, 11) is 3.41. The van der Waals surface area contributed by atoms with Gasteiger partial charge in [-0.2, -0.15) is 0 Å². The van der Waals surface area contributed by atoms with Gasteiger partial charge in [0.15, 0.2) is 0 Å². The van der Waals surface area contributed by atoms with Gasteiger partial charge in [-0.05, 0) is 36.2 Å². The molecule has 27 heavy (non-hydrogen) atoms. The summed E-state index contributed by atoms with van der Waals surface area (Å²) in [5.74, 6) is 0.897. The topological polar surface area (TPSA) is 70.7 Å². The van der Waals surface area contributed by atoms with Gasteiger partial charge in [-0.15, -0.1) is 0 Å². The van der Waals surface area contributed by atoms with Crippen molar-refractivity contribution in [3.05, 3.63) is 54.1 Å². The highest BCUT2D eigenvalue weighted by atomic mass is 16.5. The van der Waals surface area contributed by atoms with E-state index in [9.17, 15) is 9.59 Å². The standard InChI is InChI=1S/C21H27N3O3/c1-15(2)14-27-19-10-6-9-18(12-19)23-20(25)13-22-17-8-5-7-16(11-17)21(26)24(3)4/h5-12,15,22H,13-14H2,1-4H3,(H,23,25). The number of anilines is 2. The van der Waals surface area contributed by atoms with E-state index < -0.39 is 0 Å². The molecule has 0 radical (unpaired) electrons. The Kier molecular flexibility index (Phi) is 7.23. The van der Waals surface area contributed by atoms with Crippen molar-refractivity contribution in [3.8, 4) is 5.75 Å². The fourth-order valence-corrected chi connectivity index (χ4v) is 2.33. The predicted octanol–water partition coefficient (Wildman–Crippen LogP) is 3.47. The average molecular weight is 369 g/mol. The van der Waals surface area contributed by atoms with Gasteiger partial charge in [0.2, 0.25) is 5.91 Å². The zero-order chi connectivity index (χ0) is 19.8. The number of ether oxygens (including phenoxy) is 1. The van der Waals surface area contributed by atoms with Crippen molar-refractivity contribution in [2.45, 2.75) is 13.8 Å².